The second-order valence-corrected chi connectivity index (χ2v) is 12.0. The van der Waals surface area contributed by atoms with Crippen molar-refractivity contribution in [2.24, 2.45) is 0 Å². The molecule has 2 rings (SSSR count). The van der Waals surface area contributed by atoms with Crippen LogP contribution >= 0.6 is 7.60 Å². The number of benzene rings is 1. The third kappa shape index (κ3) is 4.90. The topological polar surface area (TPSA) is 72.8 Å². The number of phenolic OH excluding ortho intramolecular Hbond substituents is 1. The van der Waals surface area contributed by atoms with Crippen molar-refractivity contribution in [3.63, 3.8) is 0 Å². The lowest BCUT2D eigenvalue weighted by Gasteiger charge is -2.30. The standard InChI is InChI=1S/C24H37O5P/c1-8-28-30(27,29-9-2)24(6,7)21(25)15-14-17-16-20(23(3,4)5)22(26)19-13-11-10-12-18(17)19/h14-16,26H,8-13H2,1-7H3. The highest BCUT2D eigenvalue weighted by molar-refractivity contribution is 7.56. The van der Waals surface area contributed by atoms with Crippen LogP contribution < -0.4 is 0 Å². The molecular formula is C24H37O5P. The van der Waals surface area contributed by atoms with Gasteiger partial charge in [0.25, 0.3) is 0 Å². The van der Waals surface area contributed by atoms with E-state index >= 15 is 0 Å². The minimum Gasteiger partial charge on any atom is -0.507 e. The number of carbonyl (C=O) groups excluding carboxylic acids is 1. The quantitative estimate of drug-likeness (QED) is 0.388. The van der Waals surface area contributed by atoms with Crippen LogP contribution in [0.5, 0.6) is 5.75 Å². The first-order valence-electron chi connectivity index (χ1n) is 10.9. The number of allylic oxidation sites excluding steroid dienone is 1. The second-order valence-electron chi connectivity index (χ2n) is 9.37. The number of carbonyl (C=O) groups is 1. The second kappa shape index (κ2) is 9.38. The summed E-state index contributed by atoms with van der Waals surface area (Å²) in [5.41, 5.74) is 3.70. The summed E-state index contributed by atoms with van der Waals surface area (Å²) in [5, 5.41) is 9.57. The number of hydrogen-bond acceptors (Lipinski definition) is 5. The van der Waals surface area contributed by atoms with Crippen molar-refractivity contribution in [3.05, 3.63) is 34.4 Å². The lowest BCUT2D eigenvalue weighted by atomic mass is 9.78. The Morgan fingerprint density at radius 1 is 1.07 bits per heavy atom. The molecular weight excluding hydrogens is 399 g/mol. The molecule has 168 valence electrons. The van der Waals surface area contributed by atoms with Crippen molar-refractivity contribution in [3.8, 4) is 5.75 Å². The summed E-state index contributed by atoms with van der Waals surface area (Å²) < 4.78 is 24.1. The summed E-state index contributed by atoms with van der Waals surface area (Å²) in [5.74, 6) is 0.0841. The minimum absolute atomic E-state index is 0.206. The number of fused-ring (bicyclic) bond motifs is 1. The van der Waals surface area contributed by atoms with E-state index in [-0.39, 0.29) is 24.4 Å². The van der Waals surface area contributed by atoms with Crippen LogP contribution in [0.4, 0.5) is 0 Å². The zero-order valence-electron chi connectivity index (χ0n) is 19.5. The molecule has 0 bridgehead atoms. The molecule has 0 amide bonds. The summed E-state index contributed by atoms with van der Waals surface area (Å²) >= 11 is 0. The van der Waals surface area contributed by atoms with Crippen LogP contribution in [-0.2, 0) is 36.7 Å². The molecule has 0 fully saturated rings. The number of hydrogen-bond donors (Lipinski definition) is 1. The largest absolute Gasteiger partial charge is 0.507 e. The molecule has 0 unspecified atom stereocenters. The van der Waals surface area contributed by atoms with Gasteiger partial charge in [-0.1, -0.05) is 26.8 Å². The predicted molar refractivity (Wildman–Crippen MR) is 122 cm³/mol. The average Bonchev–Trinajstić information content (AvgIpc) is 2.66. The van der Waals surface area contributed by atoms with Crippen molar-refractivity contribution in [2.75, 3.05) is 13.2 Å². The van der Waals surface area contributed by atoms with E-state index in [0.29, 0.717) is 5.75 Å². The van der Waals surface area contributed by atoms with Gasteiger partial charge in [0, 0.05) is 5.56 Å². The molecule has 1 aromatic rings. The Bertz CT molecular complexity index is 851. The van der Waals surface area contributed by atoms with Gasteiger partial charge in [0.2, 0.25) is 0 Å². The Hall–Kier alpha value is -1.42. The van der Waals surface area contributed by atoms with Gasteiger partial charge in [-0.15, -0.1) is 0 Å². The first-order chi connectivity index (χ1) is 13.9. The maximum atomic E-state index is 13.2. The van der Waals surface area contributed by atoms with Crippen LogP contribution in [0.25, 0.3) is 6.08 Å². The fourth-order valence-electron chi connectivity index (χ4n) is 3.88. The fraction of sp³-hybridized carbons (Fsp3) is 0.625. The van der Waals surface area contributed by atoms with E-state index in [1.807, 2.05) is 6.07 Å². The SMILES string of the molecule is CCOP(=O)(OCC)C(C)(C)C(=O)C=Cc1cc(C(C)(C)C)c(O)c2c1CCCC2. The van der Waals surface area contributed by atoms with Crippen LogP contribution in [0.3, 0.4) is 0 Å². The van der Waals surface area contributed by atoms with E-state index in [9.17, 15) is 14.5 Å². The monoisotopic (exact) mass is 436 g/mol. The maximum absolute atomic E-state index is 13.2. The smallest absolute Gasteiger partial charge is 0.343 e. The molecule has 1 N–H and O–H groups in total. The Morgan fingerprint density at radius 3 is 2.10 bits per heavy atom. The Morgan fingerprint density at radius 2 is 1.60 bits per heavy atom. The van der Waals surface area contributed by atoms with Crippen molar-refractivity contribution < 1.29 is 23.5 Å². The van der Waals surface area contributed by atoms with Gasteiger partial charge in [0.15, 0.2) is 5.78 Å². The molecule has 1 aliphatic carbocycles. The fourth-order valence-corrected chi connectivity index (χ4v) is 5.63. The minimum atomic E-state index is -3.61. The zero-order valence-corrected chi connectivity index (χ0v) is 20.4. The maximum Gasteiger partial charge on any atom is 0.343 e. The van der Waals surface area contributed by atoms with Crippen LogP contribution in [0.15, 0.2) is 12.1 Å². The van der Waals surface area contributed by atoms with Crippen molar-refractivity contribution >= 4 is 19.5 Å². The summed E-state index contributed by atoms with van der Waals surface area (Å²) in [6.45, 7) is 13.3. The lowest BCUT2D eigenvalue weighted by Crippen LogP contribution is -2.32. The predicted octanol–water partition coefficient (Wildman–Crippen LogP) is 6.20. The molecule has 0 spiro atoms. The first-order valence-corrected chi connectivity index (χ1v) is 12.4. The van der Waals surface area contributed by atoms with Gasteiger partial charge in [-0.2, -0.15) is 0 Å². The first kappa shape index (κ1) is 24.8. The Kier molecular flexibility index (Phi) is 7.77. The number of ketones is 1. The molecule has 5 nitrogen and oxygen atoms in total. The molecule has 0 atom stereocenters. The number of rotatable bonds is 8. The highest BCUT2D eigenvalue weighted by Gasteiger charge is 2.48. The van der Waals surface area contributed by atoms with Gasteiger partial charge in [0.1, 0.15) is 10.9 Å². The van der Waals surface area contributed by atoms with Gasteiger partial charge in [-0.25, -0.2) is 0 Å². The van der Waals surface area contributed by atoms with E-state index in [1.54, 1.807) is 33.8 Å². The van der Waals surface area contributed by atoms with Gasteiger partial charge < -0.3 is 14.2 Å². The Balaban J connectivity index is 2.48. The van der Waals surface area contributed by atoms with Crippen molar-refractivity contribution in [1.29, 1.82) is 0 Å². The molecule has 0 heterocycles. The molecule has 0 saturated heterocycles. The lowest BCUT2D eigenvalue weighted by molar-refractivity contribution is -0.116. The van der Waals surface area contributed by atoms with Gasteiger partial charge in [-0.3, -0.25) is 9.36 Å². The number of phenols is 1. The van der Waals surface area contributed by atoms with Crippen molar-refractivity contribution in [1.82, 2.24) is 0 Å². The van der Waals surface area contributed by atoms with E-state index in [2.05, 4.69) is 20.8 Å². The van der Waals surface area contributed by atoms with E-state index in [0.717, 1.165) is 47.9 Å². The number of aromatic hydroxyl groups is 1. The molecule has 30 heavy (non-hydrogen) atoms. The van der Waals surface area contributed by atoms with E-state index in [4.69, 9.17) is 9.05 Å². The molecule has 0 aromatic heterocycles. The van der Waals surface area contributed by atoms with E-state index < -0.39 is 12.8 Å². The van der Waals surface area contributed by atoms with Gasteiger partial charge >= 0.3 is 7.60 Å². The average molecular weight is 437 g/mol. The third-order valence-corrected chi connectivity index (χ3v) is 8.55. The van der Waals surface area contributed by atoms with Crippen LogP contribution in [-0.4, -0.2) is 29.3 Å². The van der Waals surface area contributed by atoms with Crippen LogP contribution in [0.1, 0.15) is 83.6 Å². The molecule has 0 saturated carbocycles. The normalized spacial score (nSPS) is 15.4. The molecule has 1 aromatic carbocycles. The molecule has 0 radical (unpaired) electrons. The Labute approximate surface area is 181 Å². The van der Waals surface area contributed by atoms with Gasteiger partial charge in [0.05, 0.1) is 13.2 Å². The van der Waals surface area contributed by atoms with Crippen molar-refractivity contribution in [2.45, 2.75) is 84.7 Å². The summed E-state index contributed by atoms with van der Waals surface area (Å²) in [6.07, 6.45) is 7.11. The van der Waals surface area contributed by atoms with Crippen LogP contribution in [0, 0.1) is 0 Å². The van der Waals surface area contributed by atoms with Gasteiger partial charge in [-0.05, 0) is 87.6 Å². The summed E-state index contributed by atoms with van der Waals surface area (Å²) in [7, 11) is -3.61. The summed E-state index contributed by atoms with van der Waals surface area (Å²) in [4.78, 5) is 13.1. The molecule has 1 aliphatic rings. The summed E-state index contributed by atoms with van der Waals surface area (Å²) in [6, 6.07) is 1.99. The van der Waals surface area contributed by atoms with E-state index in [1.165, 1.54) is 6.08 Å². The molecule has 6 heteroatoms. The highest BCUT2D eigenvalue weighted by atomic mass is 31.2. The highest BCUT2D eigenvalue weighted by Crippen LogP contribution is 2.60. The van der Waals surface area contributed by atoms with Crippen LogP contribution in [0.2, 0.25) is 0 Å². The third-order valence-electron chi connectivity index (χ3n) is 5.77. The zero-order chi connectivity index (χ0) is 22.7. The molecule has 0 aliphatic heterocycles.